The van der Waals surface area contributed by atoms with Crippen molar-refractivity contribution >= 4 is 22.6 Å². The van der Waals surface area contributed by atoms with Gasteiger partial charge >= 0.3 is 0 Å². The number of hydrogen-bond acceptors (Lipinski definition) is 3. The fourth-order valence-electron chi connectivity index (χ4n) is 1.40. The summed E-state index contributed by atoms with van der Waals surface area (Å²) < 4.78 is 5.26. The number of fused-ring (bicyclic) bond motifs is 1. The van der Waals surface area contributed by atoms with E-state index >= 15 is 0 Å². The lowest BCUT2D eigenvalue weighted by Gasteiger charge is -2.21. The maximum absolute atomic E-state index is 11.5. The lowest BCUT2D eigenvalue weighted by Crippen LogP contribution is -2.31. The van der Waals surface area contributed by atoms with Crippen LogP contribution in [-0.4, -0.2) is 17.1 Å². The minimum Gasteiger partial charge on any atom is -0.480 e. The Morgan fingerprint density at radius 3 is 2.86 bits per heavy atom. The third kappa shape index (κ3) is 1.51. The molecule has 0 saturated heterocycles. The van der Waals surface area contributed by atoms with Crippen LogP contribution >= 0.6 is 11.6 Å². The lowest BCUT2D eigenvalue weighted by atomic mass is 10.0. The molecular formula is C10H7ClO3. The van der Waals surface area contributed by atoms with Crippen LogP contribution in [0.15, 0.2) is 24.3 Å². The molecule has 1 aliphatic heterocycles. The summed E-state index contributed by atoms with van der Waals surface area (Å²) in [5.41, 5.74) is 0.515. The molecule has 4 heteroatoms. The van der Waals surface area contributed by atoms with Crippen LogP contribution in [0.25, 0.3) is 0 Å². The van der Waals surface area contributed by atoms with Gasteiger partial charge in [-0.15, -0.1) is 0 Å². The molecule has 0 radical (unpaired) electrons. The molecule has 0 saturated carbocycles. The SMILES string of the molecule is O=C1CC(C(=O)Cl)Oc2ccccc21. The van der Waals surface area contributed by atoms with Gasteiger partial charge in [-0.05, 0) is 23.7 Å². The largest absolute Gasteiger partial charge is 0.480 e. The van der Waals surface area contributed by atoms with E-state index in [1.54, 1.807) is 24.3 Å². The van der Waals surface area contributed by atoms with Crippen molar-refractivity contribution in [2.24, 2.45) is 0 Å². The van der Waals surface area contributed by atoms with E-state index in [1.807, 2.05) is 0 Å². The topological polar surface area (TPSA) is 43.4 Å². The van der Waals surface area contributed by atoms with Crippen LogP contribution in [0.3, 0.4) is 0 Å². The number of carbonyl (C=O) groups is 2. The minimum atomic E-state index is -0.834. The standard InChI is InChI=1S/C10H7ClO3/c11-10(13)9-5-7(12)6-3-1-2-4-8(6)14-9/h1-4,9H,5H2. The van der Waals surface area contributed by atoms with Crippen molar-refractivity contribution in [2.75, 3.05) is 0 Å². The summed E-state index contributed by atoms with van der Waals surface area (Å²) in [5.74, 6) is 0.327. The molecule has 1 aliphatic rings. The number of halogens is 1. The molecule has 0 aliphatic carbocycles. The van der Waals surface area contributed by atoms with Crippen molar-refractivity contribution in [3.8, 4) is 5.75 Å². The highest BCUT2D eigenvalue weighted by Crippen LogP contribution is 2.27. The Balaban J connectivity index is 2.38. The molecule has 0 N–H and O–H groups in total. The van der Waals surface area contributed by atoms with Gasteiger partial charge in [0.25, 0.3) is 5.24 Å². The fourth-order valence-corrected chi connectivity index (χ4v) is 1.52. The third-order valence-electron chi connectivity index (χ3n) is 2.08. The molecule has 3 nitrogen and oxygen atoms in total. The van der Waals surface area contributed by atoms with Crippen molar-refractivity contribution in [3.63, 3.8) is 0 Å². The quantitative estimate of drug-likeness (QED) is 0.664. The van der Waals surface area contributed by atoms with Crippen LogP contribution < -0.4 is 4.74 Å². The molecule has 0 bridgehead atoms. The molecule has 0 aromatic heterocycles. The molecule has 72 valence electrons. The monoisotopic (exact) mass is 210 g/mol. The normalized spacial score (nSPS) is 19.8. The highest BCUT2D eigenvalue weighted by Gasteiger charge is 2.29. The molecule has 0 fully saturated rings. The van der Waals surface area contributed by atoms with Gasteiger partial charge in [0, 0.05) is 0 Å². The first kappa shape index (κ1) is 9.21. The Hall–Kier alpha value is -1.35. The van der Waals surface area contributed by atoms with E-state index in [0.29, 0.717) is 11.3 Å². The number of hydrogen-bond donors (Lipinski definition) is 0. The van der Waals surface area contributed by atoms with Gasteiger partial charge in [-0.1, -0.05) is 12.1 Å². The average Bonchev–Trinajstić information content (AvgIpc) is 2.17. The van der Waals surface area contributed by atoms with Crippen LogP contribution in [0, 0.1) is 0 Å². The van der Waals surface area contributed by atoms with Crippen molar-refractivity contribution in [1.29, 1.82) is 0 Å². The molecule has 0 amide bonds. The van der Waals surface area contributed by atoms with E-state index in [-0.39, 0.29) is 12.2 Å². The maximum Gasteiger partial charge on any atom is 0.262 e. The Bertz CT molecular complexity index is 400. The molecule has 1 aromatic carbocycles. The van der Waals surface area contributed by atoms with Crippen LogP contribution in [0.1, 0.15) is 16.8 Å². The van der Waals surface area contributed by atoms with Crippen molar-refractivity contribution in [3.05, 3.63) is 29.8 Å². The van der Waals surface area contributed by atoms with Gasteiger partial charge in [0.15, 0.2) is 11.9 Å². The predicted octanol–water partition coefficient (Wildman–Crippen LogP) is 1.79. The predicted molar refractivity (Wildman–Crippen MR) is 50.7 cm³/mol. The van der Waals surface area contributed by atoms with Gasteiger partial charge in [0.1, 0.15) is 5.75 Å². The fraction of sp³-hybridized carbons (Fsp3) is 0.200. The minimum absolute atomic E-state index is 0.0271. The molecular weight excluding hydrogens is 204 g/mol. The summed E-state index contributed by atoms with van der Waals surface area (Å²) >= 11 is 5.27. The lowest BCUT2D eigenvalue weighted by molar-refractivity contribution is -0.118. The summed E-state index contributed by atoms with van der Waals surface area (Å²) in [7, 11) is 0. The van der Waals surface area contributed by atoms with Crippen molar-refractivity contribution < 1.29 is 14.3 Å². The molecule has 1 heterocycles. The van der Waals surface area contributed by atoms with E-state index in [2.05, 4.69) is 0 Å². The highest BCUT2D eigenvalue weighted by atomic mass is 35.5. The second kappa shape index (κ2) is 3.42. The van der Waals surface area contributed by atoms with Gasteiger partial charge in [-0.25, -0.2) is 0 Å². The molecule has 2 rings (SSSR count). The van der Waals surface area contributed by atoms with Crippen LogP contribution in [0.5, 0.6) is 5.75 Å². The van der Waals surface area contributed by atoms with E-state index in [0.717, 1.165) is 0 Å². The summed E-state index contributed by atoms with van der Waals surface area (Å²) in [5, 5.41) is -0.632. The number of carbonyl (C=O) groups excluding carboxylic acids is 2. The first-order valence-corrected chi connectivity index (χ1v) is 4.54. The van der Waals surface area contributed by atoms with E-state index in [4.69, 9.17) is 16.3 Å². The summed E-state index contributed by atoms with van der Waals surface area (Å²) in [6, 6.07) is 6.82. The smallest absolute Gasteiger partial charge is 0.262 e. The summed E-state index contributed by atoms with van der Waals surface area (Å²) in [6.45, 7) is 0. The number of ether oxygens (including phenoxy) is 1. The van der Waals surface area contributed by atoms with Gasteiger partial charge < -0.3 is 4.74 Å². The number of rotatable bonds is 1. The van der Waals surface area contributed by atoms with Crippen LogP contribution in [0.2, 0.25) is 0 Å². The Morgan fingerprint density at radius 2 is 2.14 bits per heavy atom. The zero-order chi connectivity index (χ0) is 10.1. The molecule has 1 atom stereocenters. The van der Waals surface area contributed by atoms with E-state index in [1.165, 1.54) is 0 Å². The first-order valence-electron chi connectivity index (χ1n) is 4.16. The molecule has 0 spiro atoms. The number of Topliss-reactive ketones (excluding diaryl/α,β-unsaturated/α-hetero) is 1. The second-order valence-electron chi connectivity index (χ2n) is 3.03. The molecule has 14 heavy (non-hydrogen) atoms. The number of ketones is 1. The van der Waals surface area contributed by atoms with Gasteiger partial charge in [0.05, 0.1) is 12.0 Å². The van der Waals surface area contributed by atoms with Crippen LogP contribution in [0.4, 0.5) is 0 Å². The zero-order valence-electron chi connectivity index (χ0n) is 7.20. The van der Waals surface area contributed by atoms with E-state index < -0.39 is 11.3 Å². The van der Waals surface area contributed by atoms with E-state index in [9.17, 15) is 9.59 Å². The third-order valence-corrected chi connectivity index (χ3v) is 2.32. The highest BCUT2D eigenvalue weighted by molar-refractivity contribution is 6.64. The average molecular weight is 211 g/mol. The van der Waals surface area contributed by atoms with Gasteiger partial charge in [-0.2, -0.15) is 0 Å². The Morgan fingerprint density at radius 1 is 1.43 bits per heavy atom. The Kier molecular flexibility index (Phi) is 2.25. The Labute approximate surface area is 85.6 Å². The first-order chi connectivity index (χ1) is 6.68. The number of benzene rings is 1. The summed E-state index contributed by atoms with van der Waals surface area (Å²) in [4.78, 5) is 22.4. The molecule has 1 aromatic rings. The zero-order valence-corrected chi connectivity index (χ0v) is 7.95. The van der Waals surface area contributed by atoms with Gasteiger partial charge in [-0.3, -0.25) is 9.59 Å². The molecule has 1 unspecified atom stereocenters. The van der Waals surface area contributed by atoms with Gasteiger partial charge in [0.2, 0.25) is 0 Å². The van der Waals surface area contributed by atoms with Crippen molar-refractivity contribution in [1.82, 2.24) is 0 Å². The van der Waals surface area contributed by atoms with Crippen molar-refractivity contribution in [2.45, 2.75) is 12.5 Å². The number of para-hydroxylation sites is 1. The second-order valence-corrected chi connectivity index (χ2v) is 3.41. The summed E-state index contributed by atoms with van der Waals surface area (Å²) in [6.07, 6.45) is -0.807. The maximum atomic E-state index is 11.5. The van der Waals surface area contributed by atoms with Crippen LogP contribution in [-0.2, 0) is 4.79 Å².